The average molecular weight is 306 g/mol. The Morgan fingerprint density at radius 1 is 1.45 bits per heavy atom. The zero-order valence-corrected chi connectivity index (χ0v) is 12.7. The number of anilines is 1. The summed E-state index contributed by atoms with van der Waals surface area (Å²) in [5.74, 6) is -1.39. The van der Waals surface area contributed by atoms with Crippen molar-refractivity contribution in [1.29, 1.82) is 0 Å². The van der Waals surface area contributed by atoms with Crippen LogP contribution in [0.25, 0.3) is 0 Å². The summed E-state index contributed by atoms with van der Waals surface area (Å²) >= 11 is 0. The molecule has 1 aromatic carbocycles. The van der Waals surface area contributed by atoms with Gasteiger partial charge in [0.25, 0.3) is 5.91 Å². The van der Waals surface area contributed by atoms with Crippen molar-refractivity contribution in [3.8, 4) is 0 Å². The summed E-state index contributed by atoms with van der Waals surface area (Å²) in [4.78, 5) is 24.7. The van der Waals surface area contributed by atoms with Crippen LogP contribution in [0.4, 0.5) is 5.69 Å². The van der Waals surface area contributed by atoms with E-state index in [0.29, 0.717) is 31.7 Å². The molecule has 0 heterocycles. The van der Waals surface area contributed by atoms with Crippen LogP contribution in [0.15, 0.2) is 30.9 Å². The number of amides is 1. The van der Waals surface area contributed by atoms with Gasteiger partial charge in [0.05, 0.1) is 17.9 Å². The number of hydrogen-bond donors (Lipinski definition) is 2. The first kappa shape index (κ1) is 17.9. The fourth-order valence-electron chi connectivity index (χ4n) is 1.92. The second-order valence-corrected chi connectivity index (χ2v) is 4.78. The van der Waals surface area contributed by atoms with Gasteiger partial charge in [-0.3, -0.25) is 4.79 Å². The molecule has 120 valence electrons. The van der Waals surface area contributed by atoms with Crippen LogP contribution in [0, 0.1) is 0 Å². The molecule has 0 aliphatic rings. The van der Waals surface area contributed by atoms with Gasteiger partial charge in [0.1, 0.15) is 6.61 Å². The first-order valence-electron chi connectivity index (χ1n) is 7.02. The molecule has 6 nitrogen and oxygen atoms in total. The Bertz CT molecular complexity index is 543. The number of carbonyl (C=O) groups excluding carboxylic acids is 1. The van der Waals surface area contributed by atoms with Crippen molar-refractivity contribution in [3.05, 3.63) is 42.0 Å². The van der Waals surface area contributed by atoms with Crippen LogP contribution in [0.5, 0.6) is 0 Å². The summed E-state index contributed by atoms with van der Waals surface area (Å²) in [6.45, 7) is 4.32. The number of rotatable bonds is 9. The van der Waals surface area contributed by atoms with Crippen molar-refractivity contribution in [2.45, 2.75) is 12.8 Å². The second kappa shape index (κ2) is 8.96. The van der Waals surface area contributed by atoms with Crippen LogP contribution >= 0.6 is 0 Å². The molecule has 0 aliphatic heterocycles. The quantitative estimate of drug-likeness (QED) is 0.532. The van der Waals surface area contributed by atoms with Gasteiger partial charge in [-0.1, -0.05) is 12.1 Å². The molecule has 22 heavy (non-hydrogen) atoms. The molecule has 0 aliphatic carbocycles. The highest BCUT2D eigenvalue weighted by Gasteiger charge is 2.18. The molecule has 1 rings (SSSR count). The Balaban J connectivity index is 2.90. The first-order chi connectivity index (χ1) is 10.5. The highest BCUT2D eigenvalue weighted by atomic mass is 16.5. The number of carboxylic acids is 1. The summed E-state index contributed by atoms with van der Waals surface area (Å²) in [5, 5.41) is 9.26. The number of likely N-dealkylation sites (N-methyl/N-ethyl adjacent to an activating group) is 1. The van der Waals surface area contributed by atoms with Crippen LogP contribution < -0.4 is 10.6 Å². The second-order valence-electron chi connectivity index (χ2n) is 4.78. The minimum absolute atomic E-state index is 0.0720. The smallest absolute Gasteiger partial charge is 0.337 e. The van der Waals surface area contributed by atoms with Crippen LogP contribution in [-0.4, -0.2) is 43.8 Å². The van der Waals surface area contributed by atoms with E-state index in [2.05, 4.69) is 6.58 Å². The van der Waals surface area contributed by atoms with Crippen molar-refractivity contribution >= 4 is 17.6 Å². The number of benzene rings is 1. The van der Waals surface area contributed by atoms with Gasteiger partial charge in [-0.05, 0) is 37.1 Å². The molecule has 0 atom stereocenters. The Morgan fingerprint density at radius 2 is 2.18 bits per heavy atom. The summed E-state index contributed by atoms with van der Waals surface area (Å²) < 4.78 is 5.23. The van der Waals surface area contributed by atoms with Gasteiger partial charge in [-0.2, -0.15) is 0 Å². The van der Waals surface area contributed by atoms with Crippen molar-refractivity contribution in [3.63, 3.8) is 0 Å². The zero-order chi connectivity index (χ0) is 16.5. The van der Waals surface area contributed by atoms with Crippen molar-refractivity contribution in [2.75, 3.05) is 31.7 Å². The van der Waals surface area contributed by atoms with E-state index in [1.165, 1.54) is 18.0 Å². The maximum atomic E-state index is 12.1. The third-order valence-corrected chi connectivity index (χ3v) is 3.15. The summed E-state index contributed by atoms with van der Waals surface area (Å²) in [5.41, 5.74) is 6.81. The standard InChI is InChI=1S/C16H22N2O4/c1-3-4-9-22-11-15(19)18(2)14-10-12(7-8-17)5-6-13(14)16(20)21/h3,5-6,10H,1,4,7-9,11,17H2,2H3,(H,20,21). The highest BCUT2D eigenvalue weighted by molar-refractivity contribution is 6.02. The molecular weight excluding hydrogens is 284 g/mol. The molecule has 0 aromatic heterocycles. The number of carboxylic acid groups (broad SMARTS) is 1. The molecule has 3 N–H and O–H groups in total. The minimum atomic E-state index is -1.08. The summed E-state index contributed by atoms with van der Waals surface area (Å²) in [7, 11) is 1.53. The number of nitrogens with zero attached hydrogens (tertiary/aromatic N) is 1. The molecule has 1 aromatic rings. The predicted molar refractivity (Wildman–Crippen MR) is 85.2 cm³/mol. The van der Waals surface area contributed by atoms with Crippen LogP contribution in [0.1, 0.15) is 22.3 Å². The normalized spacial score (nSPS) is 10.3. The third-order valence-electron chi connectivity index (χ3n) is 3.15. The van der Waals surface area contributed by atoms with Gasteiger partial charge in [0, 0.05) is 7.05 Å². The maximum Gasteiger partial charge on any atom is 0.337 e. The van der Waals surface area contributed by atoms with E-state index in [0.717, 1.165) is 5.56 Å². The van der Waals surface area contributed by atoms with Crippen molar-refractivity contribution < 1.29 is 19.4 Å². The summed E-state index contributed by atoms with van der Waals surface area (Å²) in [6, 6.07) is 4.88. The van der Waals surface area contributed by atoms with Crippen LogP contribution in [0.2, 0.25) is 0 Å². The lowest BCUT2D eigenvalue weighted by molar-refractivity contribution is -0.122. The van der Waals surface area contributed by atoms with Gasteiger partial charge in [0.15, 0.2) is 0 Å². The average Bonchev–Trinajstić information content (AvgIpc) is 2.50. The molecule has 0 unspecified atom stereocenters. The lowest BCUT2D eigenvalue weighted by Gasteiger charge is -2.20. The fourth-order valence-corrected chi connectivity index (χ4v) is 1.92. The number of carbonyl (C=O) groups is 2. The molecule has 0 bridgehead atoms. The van der Waals surface area contributed by atoms with Gasteiger partial charge in [-0.15, -0.1) is 6.58 Å². The minimum Gasteiger partial charge on any atom is -0.478 e. The predicted octanol–water partition coefficient (Wildman–Crippen LogP) is 1.44. The lowest BCUT2D eigenvalue weighted by Crippen LogP contribution is -2.31. The molecule has 0 spiro atoms. The molecule has 0 saturated heterocycles. The van der Waals surface area contributed by atoms with Crippen LogP contribution in [-0.2, 0) is 16.0 Å². The molecule has 6 heteroatoms. The lowest BCUT2D eigenvalue weighted by atomic mass is 10.1. The Hall–Kier alpha value is -2.18. The van der Waals surface area contributed by atoms with E-state index in [-0.39, 0.29) is 18.1 Å². The number of hydrogen-bond acceptors (Lipinski definition) is 4. The highest BCUT2D eigenvalue weighted by Crippen LogP contribution is 2.22. The molecule has 1 amide bonds. The van der Waals surface area contributed by atoms with Gasteiger partial charge in [0.2, 0.25) is 0 Å². The van der Waals surface area contributed by atoms with Gasteiger partial charge < -0.3 is 20.5 Å². The molecule has 0 radical (unpaired) electrons. The monoisotopic (exact) mass is 306 g/mol. The SMILES string of the molecule is C=CCCOCC(=O)N(C)c1cc(CCN)ccc1C(=O)O. The molecular formula is C16H22N2O4. The molecule has 0 fully saturated rings. The van der Waals surface area contributed by atoms with Crippen molar-refractivity contribution in [2.24, 2.45) is 5.73 Å². The number of nitrogens with two attached hydrogens (primary N) is 1. The number of ether oxygens (including phenoxy) is 1. The van der Waals surface area contributed by atoms with E-state index < -0.39 is 5.97 Å². The Morgan fingerprint density at radius 3 is 2.77 bits per heavy atom. The largest absolute Gasteiger partial charge is 0.478 e. The van der Waals surface area contributed by atoms with Gasteiger partial charge >= 0.3 is 5.97 Å². The molecule has 0 saturated carbocycles. The number of aromatic carboxylic acids is 1. The van der Waals surface area contributed by atoms with Gasteiger partial charge in [-0.25, -0.2) is 4.79 Å². The fraction of sp³-hybridized carbons (Fsp3) is 0.375. The van der Waals surface area contributed by atoms with E-state index in [1.807, 2.05) is 0 Å². The Labute approximate surface area is 130 Å². The zero-order valence-electron chi connectivity index (χ0n) is 12.7. The van der Waals surface area contributed by atoms with Crippen molar-refractivity contribution in [1.82, 2.24) is 0 Å². The topological polar surface area (TPSA) is 92.9 Å². The Kier molecular flexibility index (Phi) is 7.28. The maximum absolute atomic E-state index is 12.1. The van der Waals surface area contributed by atoms with E-state index in [4.69, 9.17) is 10.5 Å². The van der Waals surface area contributed by atoms with E-state index in [9.17, 15) is 14.7 Å². The first-order valence-corrected chi connectivity index (χ1v) is 7.02. The van der Waals surface area contributed by atoms with E-state index >= 15 is 0 Å². The van der Waals surface area contributed by atoms with E-state index in [1.54, 1.807) is 18.2 Å². The third kappa shape index (κ3) is 4.98. The summed E-state index contributed by atoms with van der Waals surface area (Å²) in [6.07, 6.45) is 2.97. The van der Waals surface area contributed by atoms with Crippen LogP contribution in [0.3, 0.4) is 0 Å².